The molecule has 0 unspecified atom stereocenters. The molecule has 1 fully saturated rings. The van der Waals surface area contributed by atoms with Gasteiger partial charge in [0.15, 0.2) is 0 Å². The molecule has 21 heavy (non-hydrogen) atoms. The van der Waals surface area contributed by atoms with Gasteiger partial charge in [0.25, 0.3) is 0 Å². The molecule has 0 bridgehead atoms. The van der Waals surface area contributed by atoms with Crippen LogP contribution < -0.4 is 5.46 Å². The number of H-pyrrole nitrogens is 1. The maximum atomic E-state index is 6.04. The smallest absolute Gasteiger partial charge is 0.399 e. The van der Waals surface area contributed by atoms with E-state index in [0.717, 1.165) is 16.7 Å². The lowest BCUT2D eigenvalue weighted by molar-refractivity contribution is 0.00578. The van der Waals surface area contributed by atoms with Crippen molar-refractivity contribution in [1.82, 2.24) is 10.2 Å². The zero-order chi connectivity index (χ0) is 14.4. The molecule has 0 aliphatic carbocycles. The number of nitrogens with zero attached hydrogens (tertiary/aromatic N) is 1. The minimum Gasteiger partial charge on any atom is -0.399 e. The largest absolute Gasteiger partial charge is 0.494 e. The Kier molecular flexibility index (Phi) is 4.20. The van der Waals surface area contributed by atoms with Crippen LogP contribution in [0.4, 0.5) is 0 Å². The van der Waals surface area contributed by atoms with E-state index in [2.05, 4.69) is 37.9 Å². The van der Waals surface area contributed by atoms with Gasteiger partial charge in [-0.15, -0.1) is 12.4 Å². The lowest BCUT2D eigenvalue weighted by Gasteiger charge is -2.32. The number of nitrogens with one attached hydrogen (secondary N) is 1. The molecule has 112 valence electrons. The van der Waals surface area contributed by atoms with E-state index in [4.69, 9.17) is 9.31 Å². The fraction of sp³-hybridized carbons (Fsp3) is 0.400. The second-order valence-electron chi connectivity index (χ2n) is 6.18. The van der Waals surface area contributed by atoms with Gasteiger partial charge in [0.05, 0.1) is 16.9 Å². The molecule has 2 aromatic rings. The van der Waals surface area contributed by atoms with Gasteiger partial charge in [-0.1, -0.05) is 24.3 Å². The van der Waals surface area contributed by atoms with Gasteiger partial charge < -0.3 is 9.31 Å². The van der Waals surface area contributed by atoms with Crippen LogP contribution in [0, 0.1) is 0 Å². The highest BCUT2D eigenvalue weighted by Gasteiger charge is 2.51. The Morgan fingerprint density at radius 3 is 2.00 bits per heavy atom. The monoisotopic (exact) mass is 306 g/mol. The zero-order valence-corrected chi connectivity index (χ0v) is 13.5. The predicted octanol–water partition coefficient (Wildman–Crippen LogP) is 2.80. The normalized spacial score (nSPS) is 19.3. The summed E-state index contributed by atoms with van der Waals surface area (Å²) in [7, 11) is -0.309. The zero-order valence-electron chi connectivity index (χ0n) is 12.7. The molecule has 1 aliphatic heterocycles. The highest BCUT2D eigenvalue weighted by Crippen LogP contribution is 2.36. The molecule has 0 amide bonds. The summed E-state index contributed by atoms with van der Waals surface area (Å²) < 4.78 is 12.1. The van der Waals surface area contributed by atoms with Crippen molar-refractivity contribution in [1.29, 1.82) is 0 Å². The van der Waals surface area contributed by atoms with Crippen molar-refractivity contribution in [3.63, 3.8) is 0 Å². The summed E-state index contributed by atoms with van der Waals surface area (Å²) in [4.78, 5) is 0. The van der Waals surface area contributed by atoms with E-state index in [1.165, 1.54) is 0 Å². The molecule has 1 N–H and O–H groups in total. The highest BCUT2D eigenvalue weighted by molar-refractivity contribution is 6.62. The molecule has 0 radical (unpaired) electrons. The van der Waals surface area contributed by atoms with Crippen LogP contribution in [0.2, 0.25) is 0 Å². The van der Waals surface area contributed by atoms with E-state index in [9.17, 15) is 0 Å². The summed E-state index contributed by atoms with van der Waals surface area (Å²) in [6, 6.07) is 10.1. The first-order valence-corrected chi connectivity index (χ1v) is 6.84. The number of aromatic nitrogens is 2. The lowest BCUT2D eigenvalue weighted by Crippen LogP contribution is -2.41. The van der Waals surface area contributed by atoms with Crippen LogP contribution in [0.5, 0.6) is 0 Å². The Hall–Kier alpha value is -1.30. The van der Waals surface area contributed by atoms with Crippen LogP contribution in [-0.4, -0.2) is 28.5 Å². The van der Waals surface area contributed by atoms with Gasteiger partial charge >= 0.3 is 7.12 Å². The van der Waals surface area contributed by atoms with E-state index < -0.39 is 0 Å². The molecular formula is C15H20BClN2O2. The van der Waals surface area contributed by atoms with Gasteiger partial charge in [-0.3, -0.25) is 5.10 Å². The van der Waals surface area contributed by atoms with E-state index in [0.29, 0.717) is 0 Å². The van der Waals surface area contributed by atoms with Gasteiger partial charge in [0, 0.05) is 6.20 Å². The summed E-state index contributed by atoms with van der Waals surface area (Å²) in [5, 5.41) is 6.92. The third-order valence-corrected chi connectivity index (χ3v) is 4.25. The Labute approximate surface area is 131 Å². The molecule has 4 nitrogen and oxygen atoms in total. The maximum absolute atomic E-state index is 6.04. The fourth-order valence-corrected chi connectivity index (χ4v) is 2.22. The second kappa shape index (κ2) is 5.48. The van der Waals surface area contributed by atoms with Crippen molar-refractivity contribution in [2.45, 2.75) is 38.9 Å². The molecule has 1 aliphatic rings. The first-order chi connectivity index (χ1) is 9.39. The van der Waals surface area contributed by atoms with Gasteiger partial charge in [-0.25, -0.2) is 0 Å². The number of hydrogen-bond donors (Lipinski definition) is 1. The summed E-state index contributed by atoms with van der Waals surface area (Å²) in [5.74, 6) is 0. The Morgan fingerprint density at radius 1 is 0.952 bits per heavy atom. The summed E-state index contributed by atoms with van der Waals surface area (Å²) in [6.45, 7) is 8.25. The molecule has 2 heterocycles. The molecule has 6 heteroatoms. The second-order valence-corrected chi connectivity index (χ2v) is 6.18. The van der Waals surface area contributed by atoms with E-state index in [-0.39, 0.29) is 30.7 Å². The van der Waals surface area contributed by atoms with Crippen LogP contribution in [-0.2, 0) is 9.31 Å². The third-order valence-electron chi connectivity index (χ3n) is 4.25. The molecule has 3 rings (SSSR count). The van der Waals surface area contributed by atoms with Crippen LogP contribution in [0.25, 0.3) is 11.3 Å². The van der Waals surface area contributed by atoms with Gasteiger partial charge in [-0.05, 0) is 44.8 Å². The van der Waals surface area contributed by atoms with Gasteiger partial charge in [0.1, 0.15) is 0 Å². The average molecular weight is 307 g/mol. The predicted molar refractivity (Wildman–Crippen MR) is 87.0 cm³/mol. The van der Waals surface area contributed by atoms with Crippen molar-refractivity contribution in [3.05, 3.63) is 36.5 Å². The lowest BCUT2D eigenvalue weighted by atomic mass is 9.79. The first kappa shape index (κ1) is 16.1. The first-order valence-electron chi connectivity index (χ1n) is 6.84. The molecule has 1 saturated heterocycles. The molecule has 1 aromatic carbocycles. The van der Waals surface area contributed by atoms with Gasteiger partial charge in [0.2, 0.25) is 0 Å². The minimum atomic E-state index is -0.309. The fourth-order valence-electron chi connectivity index (χ4n) is 2.22. The van der Waals surface area contributed by atoms with Crippen molar-refractivity contribution in [2.75, 3.05) is 0 Å². The molecular weight excluding hydrogens is 286 g/mol. The van der Waals surface area contributed by atoms with Crippen molar-refractivity contribution < 1.29 is 9.31 Å². The summed E-state index contributed by atoms with van der Waals surface area (Å²) in [6.07, 6.45) is 1.75. The Bertz CT molecular complexity index is 581. The number of rotatable bonds is 2. The van der Waals surface area contributed by atoms with E-state index in [1.54, 1.807) is 6.20 Å². The Morgan fingerprint density at radius 2 is 1.52 bits per heavy atom. The van der Waals surface area contributed by atoms with E-state index in [1.807, 2.05) is 30.3 Å². The number of hydrogen-bond acceptors (Lipinski definition) is 3. The Balaban J connectivity index is 0.00000161. The minimum absolute atomic E-state index is 0. The van der Waals surface area contributed by atoms with Crippen LogP contribution in [0.3, 0.4) is 0 Å². The number of halogens is 1. The molecule has 0 saturated carbocycles. The van der Waals surface area contributed by atoms with Crippen molar-refractivity contribution >= 4 is 25.0 Å². The summed E-state index contributed by atoms with van der Waals surface area (Å²) in [5.41, 5.74) is 2.53. The standard InChI is InChI=1S/C15H19BN2O2.ClH/c1-14(2)15(3,4)20-16(19-14)12-7-5-11(6-8-12)13-9-10-17-18-13;/h5-10H,1-4H3,(H,17,18);1H. The van der Waals surface area contributed by atoms with Crippen LogP contribution in [0.1, 0.15) is 27.7 Å². The SMILES string of the molecule is CC1(C)OB(c2ccc(-c3ccn[nH]3)cc2)OC1(C)C.Cl. The topological polar surface area (TPSA) is 47.1 Å². The van der Waals surface area contributed by atoms with Crippen molar-refractivity contribution in [3.8, 4) is 11.3 Å². The quantitative estimate of drug-likeness (QED) is 0.868. The summed E-state index contributed by atoms with van der Waals surface area (Å²) >= 11 is 0. The van der Waals surface area contributed by atoms with Gasteiger partial charge in [-0.2, -0.15) is 5.10 Å². The highest BCUT2D eigenvalue weighted by atomic mass is 35.5. The van der Waals surface area contributed by atoms with Crippen LogP contribution in [0.15, 0.2) is 36.5 Å². The number of benzene rings is 1. The number of aromatic amines is 1. The molecule has 1 aromatic heterocycles. The molecule has 0 atom stereocenters. The molecule has 0 spiro atoms. The van der Waals surface area contributed by atoms with E-state index >= 15 is 0 Å². The van der Waals surface area contributed by atoms with Crippen molar-refractivity contribution in [2.24, 2.45) is 0 Å². The van der Waals surface area contributed by atoms with Crippen LogP contribution >= 0.6 is 12.4 Å². The maximum Gasteiger partial charge on any atom is 0.494 e. The third kappa shape index (κ3) is 2.86. The average Bonchev–Trinajstić information content (AvgIpc) is 2.97.